The summed E-state index contributed by atoms with van der Waals surface area (Å²) in [5, 5.41) is 9.10. The van der Waals surface area contributed by atoms with Crippen molar-refractivity contribution in [1.29, 1.82) is 0 Å². The first-order valence-electron chi connectivity index (χ1n) is 5.74. The Kier molecular flexibility index (Phi) is 2.14. The van der Waals surface area contributed by atoms with Gasteiger partial charge in [-0.15, -0.1) is 0 Å². The number of aromatic nitrogens is 3. The van der Waals surface area contributed by atoms with Gasteiger partial charge in [0.1, 0.15) is 12.0 Å². The number of hydrogen-bond acceptors (Lipinski definition) is 3. The Morgan fingerprint density at radius 3 is 2.88 bits per heavy atom. The number of imidazole rings is 1. The normalized spacial score (nSPS) is 16.1. The maximum absolute atomic E-state index is 11.1. The van der Waals surface area contributed by atoms with Crippen LogP contribution in [0, 0.1) is 6.92 Å². The third-order valence-corrected chi connectivity index (χ3v) is 3.44. The van der Waals surface area contributed by atoms with E-state index in [9.17, 15) is 4.79 Å². The van der Waals surface area contributed by atoms with Gasteiger partial charge in [0, 0.05) is 17.7 Å². The molecule has 0 unspecified atom stereocenters. The van der Waals surface area contributed by atoms with Gasteiger partial charge >= 0.3 is 5.97 Å². The third-order valence-electron chi connectivity index (χ3n) is 3.44. The molecule has 2 aromatic heterocycles. The van der Waals surface area contributed by atoms with Crippen LogP contribution in [0.15, 0.2) is 12.4 Å². The van der Waals surface area contributed by atoms with E-state index in [0.29, 0.717) is 17.3 Å². The fraction of sp³-hybridized carbons (Fsp3) is 0.417. The van der Waals surface area contributed by atoms with Crippen LogP contribution in [0.5, 0.6) is 0 Å². The number of carboxylic acids is 1. The van der Waals surface area contributed by atoms with E-state index in [1.54, 1.807) is 17.7 Å². The average Bonchev–Trinajstić information content (AvgIpc) is 2.50. The molecule has 0 spiro atoms. The van der Waals surface area contributed by atoms with Crippen LogP contribution in [-0.2, 0) is 0 Å². The second-order valence-electron chi connectivity index (χ2n) is 4.52. The molecule has 88 valence electrons. The summed E-state index contributed by atoms with van der Waals surface area (Å²) in [7, 11) is 0. The van der Waals surface area contributed by atoms with Gasteiger partial charge in [-0.2, -0.15) is 0 Å². The Morgan fingerprint density at radius 2 is 2.29 bits per heavy atom. The molecular weight excluding hydrogens is 218 g/mol. The third kappa shape index (κ3) is 1.50. The minimum Gasteiger partial charge on any atom is -0.477 e. The number of nitrogens with zero attached hydrogens (tertiary/aromatic N) is 3. The van der Waals surface area contributed by atoms with Gasteiger partial charge < -0.3 is 5.11 Å². The van der Waals surface area contributed by atoms with Gasteiger partial charge in [-0.25, -0.2) is 14.8 Å². The minimum absolute atomic E-state index is 0.202. The van der Waals surface area contributed by atoms with Gasteiger partial charge in [0.15, 0.2) is 5.69 Å². The predicted molar refractivity (Wildman–Crippen MR) is 61.3 cm³/mol. The van der Waals surface area contributed by atoms with E-state index in [1.807, 2.05) is 6.07 Å². The molecule has 1 aliphatic rings. The van der Waals surface area contributed by atoms with Gasteiger partial charge in [0.2, 0.25) is 0 Å². The van der Waals surface area contributed by atoms with Crippen LogP contribution in [0.1, 0.15) is 47.1 Å². The largest absolute Gasteiger partial charge is 0.477 e. The van der Waals surface area contributed by atoms with Crippen molar-refractivity contribution in [2.24, 2.45) is 0 Å². The lowest BCUT2D eigenvalue weighted by molar-refractivity contribution is 0.0688. The van der Waals surface area contributed by atoms with Crippen molar-refractivity contribution in [2.45, 2.75) is 32.1 Å². The molecule has 1 fully saturated rings. The highest BCUT2D eigenvalue weighted by Crippen LogP contribution is 2.35. The van der Waals surface area contributed by atoms with Crippen LogP contribution in [0.2, 0.25) is 0 Å². The minimum atomic E-state index is -0.965. The molecule has 0 radical (unpaired) electrons. The van der Waals surface area contributed by atoms with Crippen LogP contribution in [-0.4, -0.2) is 25.4 Å². The fourth-order valence-corrected chi connectivity index (χ4v) is 2.27. The van der Waals surface area contributed by atoms with Gasteiger partial charge in [-0.05, 0) is 19.8 Å². The lowest BCUT2D eigenvalue weighted by atomic mass is 9.83. The van der Waals surface area contributed by atoms with E-state index in [4.69, 9.17) is 5.11 Å². The van der Waals surface area contributed by atoms with E-state index in [-0.39, 0.29) is 5.69 Å². The zero-order valence-electron chi connectivity index (χ0n) is 9.55. The average molecular weight is 231 g/mol. The summed E-state index contributed by atoms with van der Waals surface area (Å²) in [6.45, 7) is 1.71. The zero-order valence-corrected chi connectivity index (χ0v) is 9.55. The fourth-order valence-electron chi connectivity index (χ4n) is 2.27. The molecule has 0 amide bonds. The molecule has 0 aromatic carbocycles. The molecule has 0 atom stereocenters. The van der Waals surface area contributed by atoms with Crippen LogP contribution < -0.4 is 0 Å². The summed E-state index contributed by atoms with van der Waals surface area (Å²) in [6, 6.07) is 1.91. The summed E-state index contributed by atoms with van der Waals surface area (Å²) in [4.78, 5) is 19.7. The van der Waals surface area contributed by atoms with Crippen LogP contribution >= 0.6 is 0 Å². The summed E-state index contributed by atoms with van der Waals surface area (Å²) in [5.41, 5.74) is 2.44. The topological polar surface area (TPSA) is 67.5 Å². The molecule has 5 heteroatoms. The highest BCUT2D eigenvalue weighted by atomic mass is 16.4. The molecule has 0 saturated heterocycles. The van der Waals surface area contributed by atoms with Crippen LogP contribution in [0.3, 0.4) is 0 Å². The number of carbonyl (C=O) groups is 1. The van der Waals surface area contributed by atoms with Crippen molar-refractivity contribution in [1.82, 2.24) is 14.4 Å². The lowest BCUT2D eigenvalue weighted by Crippen LogP contribution is -2.11. The Balaban J connectivity index is 2.14. The highest BCUT2D eigenvalue weighted by Gasteiger charge is 2.22. The van der Waals surface area contributed by atoms with E-state index >= 15 is 0 Å². The molecule has 5 nitrogen and oxygen atoms in total. The molecule has 1 N–H and O–H groups in total. The molecule has 1 aliphatic carbocycles. The Bertz CT molecular complexity index is 599. The van der Waals surface area contributed by atoms with Crippen molar-refractivity contribution in [3.63, 3.8) is 0 Å². The van der Waals surface area contributed by atoms with Gasteiger partial charge in [-0.1, -0.05) is 6.42 Å². The smallest absolute Gasteiger partial charge is 0.354 e. The standard InChI is InChI=1S/C12H13N3O2/c1-7-11(12(16)17)15-6-13-9(5-10(15)14-7)8-3-2-4-8/h5-6,8H,2-4H2,1H3,(H,16,17). The number of aryl methyl sites for hydroxylation is 1. The van der Waals surface area contributed by atoms with E-state index < -0.39 is 5.97 Å². The molecule has 2 heterocycles. The lowest BCUT2D eigenvalue weighted by Gasteiger charge is -2.24. The van der Waals surface area contributed by atoms with Crippen molar-refractivity contribution >= 4 is 11.6 Å². The van der Waals surface area contributed by atoms with E-state index in [2.05, 4.69) is 9.97 Å². The number of aromatic carboxylic acids is 1. The molecule has 3 rings (SSSR count). The number of carboxylic acid groups (broad SMARTS) is 1. The SMILES string of the molecule is Cc1nc2cc(C3CCC3)ncn2c1C(=O)O. The molecular formula is C12H13N3O2. The monoisotopic (exact) mass is 231 g/mol. The summed E-state index contributed by atoms with van der Waals surface area (Å²) < 4.78 is 1.54. The number of rotatable bonds is 2. The van der Waals surface area contributed by atoms with E-state index in [1.165, 1.54) is 19.3 Å². The Hall–Kier alpha value is -1.91. The summed E-state index contributed by atoms with van der Waals surface area (Å²) in [5.74, 6) is -0.432. The number of hydrogen-bond donors (Lipinski definition) is 1. The maximum Gasteiger partial charge on any atom is 0.354 e. The first-order valence-corrected chi connectivity index (χ1v) is 5.74. The van der Waals surface area contributed by atoms with Crippen LogP contribution in [0.25, 0.3) is 5.65 Å². The maximum atomic E-state index is 11.1. The molecule has 0 aliphatic heterocycles. The first kappa shape index (κ1) is 10.3. The van der Waals surface area contributed by atoms with Crippen molar-refractivity contribution in [3.05, 3.63) is 29.5 Å². The molecule has 2 aromatic rings. The summed E-state index contributed by atoms with van der Waals surface area (Å²) >= 11 is 0. The Morgan fingerprint density at radius 1 is 1.53 bits per heavy atom. The molecule has 1 saturated carbocycles. The predicted octanol–water partition coefficient (Wildman–Crippen LogP) is 2.00. The summed E-state index contributed by atoms with van der Waals surface area (Å²) in [6.07, 6.45) is 5.18. The zero-order chi connectivity index (χ0) is 12.0. The van der Waals surface area contributed by atoms with Crippen molar-refractivity contribution in [2.75, 3.05) is 0 Å². The number of fused-ring (bicyclic) bond motifs is 1. The quantitative estimate of drug-likeness (QED) is 0.858. The Labute approximate surface area is 98.1 Å². The van der Waals surface area contributed by atoms with Crippen molar-refractivity contribution < 1.29 is 9.90 Å². The van der Waals surface area contributed by atoms with Gasteiger partial charge in [0.05, 0.1) is 5.69 Å². The molecule has 0 bridgehead atoms. The second-order valence-corrected chi connectivity index (χ2v) is 4.52. The van der Waals surface area contributed by atoms with Crippen LogP contribution in [0.4, 0.5) is 0 Å². The van der Waals surface area contributed by atoms with Crippen molar-refractivity contribution in [3.8, 4) is 0 Å². The first-order chi connectivity index (χ1) is 8.16. The molecule has 17 heavy (non-hydrogen) atoms. The van der Waals surface area contributed by atoms with E-state index in [0.717, 1.165) is 5.69 Å². The highest BCUT2D eigenvalue weighted by molar-refractivity contribution is 5.88. The van der Waals surface area contributed by atoms with Gasteiger partial charge in [0.25, 0.3) is 0 Å². The van der Waals surface area contributed by atoms with Gasteiger partial charge in [-0.3, -0.25) is 4.40 Å². The second kappa shape index (κ2) is 3.55.